The zero-order chi connectivity index (χ0) is 33.0. The highest BCUT2D eigenvalue weighted by Crippen LogP contribution is 2.42. The van der Waals surface area contributed by atoms with Crippen LogP contribution < -0.4 is 0 Å². The molecule has 3 heterocycles. The van der Waals surface area contributed by atoms with Crippen molar-refractivity contribution in [1.29, 1.82) is 0 Å². The molecule has 0 aliphatic rings. The summed E-state index contributed by atoms with van der Waals surface area (Å²) in [6.07, 6.45) is 0. The number of benzene rings is 7. The van der Waals surface area contributed by atoms with Crippen molar-refractivity contribution in [2.45, 2.75) is 0 Å². The van der Waals surface area contributed by atoms with Gasteiger partial charge in [0.05, 0.1) is 22.4 Å². The number of aromatic nitrogens is 3. The van der Waals surface area contributed by atoms with Crippen LogP contribution >= 0.6 is 0 Å². The second-order valence-electron chi connectivity index (χ2n) is 12.6. The molecular weight excluding hydrogens is 611 g/mol. The van der Waals surface area contributed by atoms with E-state index in [1.54, 1.807) is 0 Å². The molecule has 50 heavy (non-hydrogen) atoms. The van der Waals surface area contributed by atoms with E-state index in [0.717, 1.165) is 88.6 Å². The Morgan fingerprint density at radius 2 is 1.04 bits per heavy atom. The van der Waals surface area contributed by atoms with Crippen LogP contribution in [0.5, 0.6) is 0 Å². The summed E-state index contributed by atoms with van der Waals surface area (Å²) in [6, 6.07) is 61.3. The molecule has 0 amide bonds. The normalized spacial score (nSPS) is 11.6. The first kappa shape index (κ1) is 28.3. The molecule has 10 rings (SSSR count). The molecule has 234 valence electrons. The molecule has 10 aromatic rings. The molecule has 0 spiro atoms. The summed E-state index contributed by atoms with van der Waals surface area (Å²) < 4.78 is 8.92. The summed E-state index contributed by atoms with van der Waals surface area (Å²) in [5.74, 6) is 0.701. The van der Waals surface area contributed by atoms with Gasteiger partial charge in [0.25, 0.3) is 0 Å². The maximum atomic E-state index is 6.53. The van der Waals surface area contributed by atoms with E-state index in [-0.39, 0.29) is 0 Å². The van der Waals surface area contributed by atoms with Gasteiger partial charge in [-0.05, 0) is 42.0 Å². The molecule has 0 saturated carbocycles. The lowest BCUT2D eigenvalue weighted by Gasteiger charge is -2.13. The SMILES string of the molecule is c1ccc(-c2cc(-c3cccc4c3c3ccccc3n4-c3cc(-c4ccccc4)c4oc5ccccc5c4c3)nc(-c3ccccc3)n2)cc1. The predicted molar refractivity (Wildman–Crippen MR) is 205 cm³/mol. The third-order valence-electron chi connectivity index (χ3n) is 9.61. The minimum Gasteiger partial charge on any atom is -0.455 e. The van der Waals surface area contributed by atoms with Gasteiger partial charge in [-0.3, -0.25) is 0 Å². The summed E-state index contributed by atoms with van der Waals surface area (Å²) in [5.41, 5.74) is 12.1. The number of nitrogens with zero attached hydrogens (tertiary/aromatic N) is 3. The first-order valence-corrected chi connectivity index (χ1v) is 16.8. The van der Waals surface area contributed by atoms with Crippen molar-refractivity contribution in [3.05, 3.63) is 176 Å². The molecule has 0 fully saturated rings. The predicted octanol–water partition coefficient (Wildman–Crippen LogP) is 12.1. The van der Waals surface area contributed by atoms with Crippen molar-refractivity contribution < 1.29 is 4.42 Å². The van der Waals surface area contributed by atoms with Crippen LogP contribution in [0.25, 0.3) is 94.5 Å². The Morgan fingerprint density at radius 3 is 1.82 bits per heavy atom. The average Bonchev–Trinajstić information content (AvgIpc) is 3.74. The third-order valence-corrected chi connectivity index (χ3v) is 9.61. The van der Waals surface area contributed by atoms with Crippen LogP contribution in [0.2, 0.25) is 0 Å². The molecule has 0 aliphatic carbocycles. The number of furan rings is 1. The van der Waals surface area contributed by atoms with Crippen LogP contribution in [0.15, 0.2) is 180 Å². The molecule has 0 atom stereocenters. The topological polar surface area (TPSA) is 43.9 Å². The fourth-order valence-electron chi connectivity index (χ4n) is 7.34. The van der Waals surface area contributed by atoms with Crippen molar-refractivity contribution in [1.82, 2.24) is 14.5 Å². The van der Waals surface area contributed by atoms with Crippen molar-refractivity contribution in [2.24, 2.45) is 0 Å². The van der Waals surface area contributed by atoms with Crippen molar-refractivity contribution in [3.63, 3.8) is 0 Å². The number of fused-ring (bicyclic) bond motifs is 6. The molecule has 0 aliphatic heterocycles. The number of para-hydroxylation sites is 2. The fraction of sp³-hybridized carbons (Fsp3) is 0. The van der Waals surface area contributed by atoms with Crippen LogP contribution in [0, 0.1) is 0 Å². The first-order valence-electron chi connectivity index (χ1n) is 16.8. The lowest BCUT2D eigenvalue weighted by Crippen LogP contribution is -1.97. The molecular formula is C46H29N3O. The number of rotatable bonds is 5. The summed E-state index contributed by atoms with van der Waals surface area (Å²) >= 11 is 0. The van der Waals surface area contributed by atoms with Crippen LogP contribution in [0.3, 0.4) is 0 Å². The molecule has 7 aromatic carbocycles. The maximum Gasteiger partial charge on any atom is 0.160 e. The van der Waals surface area contributed by atoms with Gasteiger partial charge < -0.3 is 8.98 Å². The summed E-state index contributed by atoms with van der Waals surface area (Å²) in [5, 5.41) is 4.51. The highest BCUT2D eigenvalue weighted by atomic mass is 16.3. The molecule has 4 nitrogen and oxygen atoms in total. The Hall–Kier alpha value is -6.78. The van der Waals surface area contributed by atoms with E-state index in [0.29, 0.717) is 5.82 Å². The summed E-state index contributed by atoms with van der Waals surface area (Å²) in [4.78, 5) is 10.3. The van der Waals surface area contributed by atoms with E-state index in [1.807, 2.05) is 36.4 Å². The molecule has 0 saturated heterocycles. The zero-order valence-corrected chi connectivity index (χ0v) is 27.0. The highest BCUT2D eigenvalue weighted by Gasteiger charge is 2.21. The largest absolute Gasteiger partial charge is 0.455 e. The van der Waals surface area contributed by atoms with Gasteiger partial charge in [-0.25, -0.2) is 9.97 Å². The Balaban J connectivity index is 1.27. The molecule has 4 heteroatoms. The van der Waals surface area contributed by atoms with E-state index >= 15 is 0 Å². The molecule has 0 N–H and O–H groups in total. The fourth-order valence-corrected chi connectivity index (χ4v) is 7.34. The van der Waals surface area contributed by atoms with Gasteiger partial charge in [0.15, 0.2) is 5.82 Å². The van der Waals surface area contributed by atoms with Gasteiger partial charge in [-0.1, -0.05) is 140 Å². The molecule has 3 aromatic heterocycles. The number of hydrogen-bond donors (Lipinski definition) is 0. The smallest absolute Gasteiger partial charge is 0.160 e. The van der Waals surface area contributed by atoms with Crippen LogP contribution in [0.4, 0.5) is 0 Å². The van der Waals surface area contributed by atoms with Crippen LogP contribution in [-0.4, -0.2) is 14.5 Å². The summed E-state index contributed by atoms with van der Waals surface area (Å²) in [6.45, 7) is 0. The van der Waals surface area contributed by atoms with Crippen LogP contribution in [0.1, 0.15) is 0 Å². The Morgan fingerprint density at radius 1 is 0.420 bits per heavy atom. The Labute approximate surface area is 288 Å². The lowest BCUT2D eigenvalue weighted by atomic mass is 10.0. The molecule has 0 unspecified atom stereocenters. The standard InChI is InChI=1S/C46H29N3O/c1-4-15-30(16-5-1)37-27-33(28-38-34-21-11-13-26-43(34)50-45(37)38)49-41-24-12-10-22-36(41)44-35(23-14-25-42(44)49)40-29-39(31-17-6-2-7-18-31)47-46(48-40)32-19-8-3-9-20-32/h1-29H. The van der Waals surface area contributed by atoms with Crippen molar-refractivity contribution in [2.75, 3.05) is 0 Å². The van der Waals surface area contributed by atoms with Gasteiger partial charge in [0, 0.05) is 49.5 Å². The van der Waals surface area contributed by atoms with E-state index in [1.165, 1.54) is 0 Å². The van der Waals surface area contributed by atoms with Gasteiger partial charge in [-0.2, -0.15) is 0 Å². The second-order valence-corrected chi connectivity index (χ2v) is 12.6. The highest BCUT2D eigenvalue weighted by molar-refractivity contribution is 6.16. The molecule has 0 bridgehead atoms. The monoisotopic (exact) mass is 639 g/mol. The summed E-state index contributed by atoms with van der Waals surface area (Å²) in [7, 11) is 0. The maximum absolute atomic E-state index is 6.53. The van der Waals surface area contributed by atoms with Gasteiger partial charge in [0.1, 0.15) is 11.2 Å². The Bertz CT molecular complexity index is 2800. The minimum atomic E-state index is 0.701. The lowest BCUT2D eigenvalue weighted by molar-refractivity contribution is 0.670. The quantitative estimate of drug-likeness (QED) is 0.188. The third kappa shape index (κ3) is 4.54. The van der Waals surface area contributed by atoms with E-state index in [2.05, 4.69) is 144 Å². The van der Waals surface area contributed by atoms with E-state index < -0.39 is 0 Å². The Kier molecular flexibility index (Phi) is 6.46. The minimum absolute atomic E-state index is 0.701. The zero-order valence-electron chi connectivity index (χ0n) is 27.0. The average molecular weight is 640 g/mol. The molecule has 0 radical (unpaired) electrons. The van der Waals surface area contributed by atoms with E-state index in [9.17, 15) is 0 Å². The van der Waals surface area contributed by atoms with Crippen molar-refractivity contribution >= 4 is 43.7 Å². The van der Waals surface area contributed by atoms with Gasteiger partial charge in [0.2, 0.25) is 0 Å². The second kappa shape index (κ2) is 11.4. The van der Waals surface area contributed by atoms with E-state index in [4.69, 9.17) is 14.4 Å². The van der Waals surface area contributed by atoms with Crippen molar-refractivity contribution in [3.8, 4) is 50.7 Å². The first-order chi connectivity index (χ1) is 24.8. The van der Waals surface area contributed by atoms with Crippen LogP contribution in [-0.2, 0) is 0 Å². The number of hydrogen-bond acceptors (Lipinski definition) is 3. The van der Waals surface area contributed by atoms with Gasteiger partial charge in [-0.15, -0.1) is 0 Å². The van der Waals surface area contributed by atoms with Gasteiger partial charge >= 0.3 is 0 Å².